The van der Waals surface area contributed by atoms with Gasteiger partial charge in [0.2, 0.25) is 0 Å². The van der Waals surface area contributed by atoms with Crippen molar-refractivity contribution in [2.75, 3.05) is 13.2 Å². The van der Waals surface area contributed by atoms with Crippen molar-refractivity contribution in [3.63, 3.8) is 0 Å². The van der Waals surface area contributed by atoms with Gasteiger partial charge in [-0.1, -0.05) is 18.2 Å². The molecule has 0 aliphatic carbocycles. The molecule has 0 radical (unpaired) electrons. The van der Waals surface area contributed by atoms with Crippen LogP contribution in [0.2, 0.25) is 0 Å². The van der Waals surface area contributed by atoms with Crippen LogP contribution in [0.15, 0.2) is 47.2 Å². The van der Waals surface area contributed by atoms with Crippen LogP contribution in [0.1, 0.15) is 18.5 Å². The second kappa shape index (κ2) is 6.42. The van der Waals surface area contributed by atoms with Gasteiger partial charge >= 0.3 is 0 Å². The maximum Gasteiger partial charge on any atom is 0.119 e. The summed E-state index contributed by atoms with van der Waals surface area (Å²) in [5.74, 6) is 0.928. The molecule has 3 heteroatoms. The van der Waals surface area contributed by atoms with Gasteiger partial charge in [-0.15, -0.1) is 0 Å². The van der Waals surface area contributed by atoms with Gasteiger partial charge in [-0.25, -0.2) is 0 Å². The van der Waals surface area contributed by atoms with Crippen LogP contribution in [-0.2, 0) is 0 Å². The van der Waals surface area contributed by atoms with E-state index in [1.807, 2.05) is 30.3 Å². The zero-order valence-electron chi connectivity index (χ0n) is 9.93. The third-order valence-electron chi connectivity index (χ3n) is 2.61. The summed E-state index contributed by atoms with van der Waals surface area (Å²) in [5, 5.41) is 7.72. The van der Waals surface area contributed by atoms with Crippen LogP contribution in [0.25, 0.3) is 0 Å². The van der Waals surface area contributed by atoms with Crippen LogP contribution < -0.4 is 10.1 Å². The first-order valence-electron chi connectivity index (χ1n) is 5.79. The van der Waals surface area contributed by atoms with Crippen LogP contribution in [0.4, 0.5) is 0 Å². The molecule has 90 valence electrons. The van der Waals surface area contributed by atoms with Crippen molar-refractivity contribution in [3.05, 3.63) is 52.7 Å². The smallest absolute Gasteiger partial charge is 0.119 e. The molecule has 0 saturated carbocycles. The fraction of sp³-hybridized carbons (Fsp3) is 0.286. The van der Waals surface area contributed by atoms with Gasteiger partial charge in [0.05, 0.1) is 0 Å². The lowest BCUT2D eigenvalue weighted by molar-refractivity contribution is 0.307. The van der Waals surface area contributed by atoms with Gasteiger partial charge in [-0.2, -0.15) is 11.3 Å². The molecule has 1 N–H and O–H groups in total. The van der Waals surface area contributed by atoms with Gasteiger partial charge in [0, 0.05) is 12.6 Å². The van der Waals surface area contributed by atoms with Crippen molar-refractivity contribution in [2.45, 2.75) is 13.0 Å². The number of thiophene rings is 1. The quantitative estimate of drug-likeness (QED) is 0.789. The van der Waals surface area contributed by atoms with Crippen molar-refractivity contribution in [1.82, 2.24) is 5.32 Å². The van der Waals surface area contributed by atoms with Crippen molar-refractivity contribution in [3.8, 4) is 5.75 Å². The molecule has 0 fully saturated rings. The fourth-order valence-electron chi connectivity index (χ4n) is 1.60. The predicted molar refractivity (Wildman–Crippen MR) is 72.7 cm³/mol. The zero-order valence-corrected chi connectivity index (χ0v) is 10.7. The highest BCUT2D eigenvalue weighted by Crippen LogP contribution is 2.15. The molecule has 1 unspecified atom stereocenters. The maximum absolute atomic E-state index is 5.61. The first-order valence-corrected chi connectivity index (χ1v) is 6.74. The molecule has 1 aromatic carbocycles. The third-order valence-corrected chi connectivity index (χ3v) is 3.31. The second-order valence-electron chi connectivity index (χ2n) is 3.89. The first kappa shape index (κ1) is 12.1. The summed E-state index contributed by atoms with van der Waals surface area (Å²) < 4.78 is 5.61. The van der Waals surface area contributed by atoms with Crippen LogP contribution in [-0.4, -0.2) is 13.2 Å². The molecular weight excluding hydrogens is 230 g/mol. The Morgan fingerprint density at radius 3 is 2.76 bits per heavy atom. The SMILES string of the molecule is CC(NCCOc1ccccc1)c1ccsc1. The predicted octanol–water partition coefficient (Wildman–Crippen LogP) is 3.48. The molecule has 2 nitrogen and oxygen atoms in total. The molecule has 0 amide bonds. The van der Waals surface area contributed by atoms with Gasteiger partial charge in [0.1, 0.15) is 12.4 Å². The summed E-state index contributed by atoms with van der Waals surface area (Å²) in [6.07, 6.45) is 0. The van der Waals surface area contributed by atoms with Gasteiger partial charge in [0.15, 0.2) is 0 Å². The highest BCUT2D eigenvalue weighted by Gasteiger charge is 2.03. The molecule has 1 aromatic heterocycles. The standard InChI is InChI=1S/C14H17NOS/c1-12(13-7-10-17-11-13)15-8-9-16-14-5-3-2-4-6-14/h2-7,10-12,15H,8-9H2,1H3. The number of benzene rings is 1. The Labute approximate surface area is 106 Å². The molecule has 2 aromatic rings. The van der Waals surface area contributed by atoms with E-state index in [1.54, 1.807) is 11.3 Å². The lowest BCUT2D eigenvalue weighted by atomic mass is 10.2. The Morgan fingerprint density at radius 2 is 2.06 bits per heavy atom. The summed E-state index contributed by atoms with van der Waals surface area (Å²) >= 11 is 1.73. The summed E-state index contributed by atoms with van der Waals surface area (Å²) in [4.78, 5) is 0. The minimum absolute atomic E-state index is 0.389. The number of rotatable bonds is 6. The van der Waals surface area contributed by atoms with E-state index in [9.17, 15) is 0 Å². The molecule has 1 heterocycles. The van der Waals surface area contributed by atoms with Crippen LogP contribution in [0.5, 0.6) is 5.75 Å². The van der Waals surface area contributed by atoms with Gasteiger partial charge < -0.3 is 10.1 Å². The van der Waals surface area contributed by atoms with Crippen molar-refractivity contribution in [2.24, 2.45) is 0 Å². The lowest BCUT2D eigenvalue weighted by Gasteiger charge is -2.12. The van der Waals surface area contributed by atoms with Gasteiger partial charge in [0.25, 0.3) is 0 Å². The highest BCUT2D eigenvalue weighted by molar-refractivity contribution is 7.07. The van der Waals surface area contributed by atoms with E-state index in [1.165, 1.54) is 5.56 Å². The van der Waals surface area contributed by atoms with Crippen molar-refractivity contribution >= 4 is 11.3 Å². The minimum Gasteiger partial charge on any atom is -0.492 e. The summed E-state index contributed by atoms with van der Waals surface area (Å²) in [5.41, 5.74) is 1.34. The van der Waals surface area contributed by atoms with E-state index in [0.717, 1.165) is 12.3 Å². The molecule has 1 atom stereocenters. The van der Waals surface area contributed by atoms with Crippen LogP contribution in [0, 0.1) is 0 Å². The largest absolute Gasteiger partial charge is 0.492 e. The van der Waals surface area contributed by atoms with Crippen LogP contribution in [0.3, 0.4) is 0 Å². The summed E-state index contributed by atoms with van der Waals surface area (Å²) in [6, 6.07) is 12.4. The molecule has 0 saturated heterocycles. The lowest BCUT2D eigenvalue weighted by Crippen LogP contribution is -2.23. The first-order chi connectivity index (χ1) is 8.36. The fourth-order valence-corrected chi connectivity index (χ4v) is 2.35. The van der Waals surface area contributed by atoms with E-state index in [2.05, 4.69) is 29.1 Å². The van der Waals surface area contributed by atoms with E-state index < -0.39 is 0 Å². The molecule has 17 heavy (non-hydrogen) atoms. The molecule has 0 aliphatic heterocycles. The molecule has 0 aliphatic rings. The van der Waals surface area contributed by atoms with E-state index >= 15 is 0 Å². The second-order valence-corrected chi connectivity index (χ2v) is 4.67. The molecule has 0 bridgehead atoms. The average molecular weight is 247 g/mol. The molecule has 2 rings (SSSR count). The Balaban J connectivity index is 1.67. The number of hydrogen-bond donors (Lipinski definition) is 1. The maximum atomic E-state index is 5.61. The van der Waals surface area contributed by atoms with E-state index in [0.29, 0.717) is 12.6 Å². The summed E-state index contributed by atoms with van der Waals surface area (Å²) in [6.45, 7) is 3.72. The monoisotopic (exact) mass is 247 g/mol. The van der Waals surface area contributed by atoms with Crippen LogP contribution >= 0.6 is 11.3 Å². The number of nitrogens with one attached hydrogen (secondary N) is 1. The normalized spacial score (nSPS) is 12.3. The molecular formula is C14H17NOS. The Kier molecular flexibility index (Phi) is 4.59. The zero-order chi connectivity index (χ0) is 11.9. The minimum atomic E-state index is 0.389. The van der Waals surface area contributed by atoms with E-state index in [4.69, 9.17) is 4.74 Å². The van der Waals surface area contributed by atoms with Crippen molar-refractivity contribution < 1.29 is 4.74 Å². The summed E-state index contributed by atoms with van der Waals surface area (Å²) in [7, 11) is 0. The number of hydrogen-bond acceptors (Lipinski definition) is 3. The van der Waals surface area contributed by atoms with Gasteiger partial charge in [-0.05, 0) is 41.4 Å². The van der Waals surface area contributed by atoms with E-state index in [-0.39, 0.29) is 0 Å². The third kappa shape index (κ3) is 3.88. The Morgan fingerprint density at radius 1 is 1.24 bits per heavy atom. The average Bonchev–Trinajstić information content (AvgIpc) is 2.89. The Bertz CT molecular complexity index is 413. The topological polar surface area (TPSA) is 21.3 Å². The number of ether oxygens (including phenoxy) is 1. The van der Waals surface area contributed by atoms with Gasteiger partial charge in [-0.3, -0.25) is 0 Å². The Hall–Kier alpha value is -1.32. The highest BCUT2D eigenvalue weighted by atomic mass is 32.1. The number of para-hydroxylation sites is 1. The molecule has 0 spiro atoms. The van der Waals surface area contributed by atoms with Crippen molar-refractivity contribution in [1.29, 1.82) is 0 Å².